The zero-order valence-corrected chi connectivity index (χ0v) is 11.5. The number of benzene rings is 1. The average molecular weight is 312 g/mol. The number of thioether (sulfide) groups is 1. The molecular weight excluding hydrogens is 302 g/mol. The van der Waals surface area contributed by atoms with Crippen LogP contribution in [0.1, 0.15) is 0 Å². The van der Waals surface area contributed by atoms with Crippen LogP contribution in [0.15, 0.2) is 39.8 Å². The van der Waals surface area contributed by atoms with Crippen LogP contribution >= 0.6 is 27.7 Å². The van der Waals surface area contributed by atoms with E-state index in [4.69, 9.17) is 10.5 Å². The van der Waals surface area contributed by atoms with Crippen LogP contribution in [0, 0.1) is 0 Å². The number of para-hydroxylation sites is 1. The lowest BCUT2D eigenvalue weighted by molar-refractivity contribution is 0.448. The van der Waals surface area contributed by atoms with Gasteiger partial charge in [0.05, 0.1) is 10.7 Å². The molecule has 1 heterocycles. The number of halogens is 1. The van der Waals surface area contributed by atoms with Gasteiger partial charge in [0.25, 0.3) is 0 Å². The maximum atomic E-state index is 5.71. The lowest BCUT2D eigenvalue weighted by atomic mass is 10.3. The summed E-state index contributed by atoms with van der Waals surface area (Å²) in [4.78, 5) is 8.93. The van der Waals surface area contributed by atoms with E-state index in [0.717, 1.165) is 10.6 Å². The maximum Gasteiger partial charge on any atom is 0.238 e. The Labute approximate surface area is 112 Å². The average Bonchev–Trinajstić information content (AvgIpc) is 2.34. The molecule has 1 aromatic heterocycles. The molecular formula is C11H10BrN3OS. The molecule has 4 nitrogen and oxygen atoms in total. The molecule has 0 atom stereocenters. The van der Waals surface area contributed by atoms with E-state index in [1.165, 1.54) is 0 Å². The maximum absolute atomic E-state index is 5.71. The molecule has 0 saturated heterocycles. The first kappa shape index (κ1) is 12.2. The minimum atomic E-state index is 0.185. The van der Waals surface area contributed by atoms with Crippen molar-refractivity contribution >= 4 is 33.6 Å². The van der Waals surface area contributed by atoms with Gasteiger partial charge in [-0.25, -0.2) is 4.98 Å². The number of anilines is 1. The molecule has 0 fully saturated rings. The van der Waals surface area contributed by atoms with Crippen LogP contribution in [0.4, 0.5) is 5.95 Å². The van der Waals surface area contributed by atoms with Gasteiger partial charge in [-0.1, -0.05) is 12.1 Å². The van der Waals surface area contributed by atoms with Crippen LogP contribution < -0.4 is 10.5 Å². The summed E-state index contributed by atoms with van der Waals surface area (Å²) < 4.78 is 6.38. The van der Waals surface area contributed by atoms with Crippen molar-refractivity contribution in [3.8, 4) is 11.6 Å². The highest BCUT2D eigenvalue weighted by atomic mass is 79.9. The molecule has 0 saturated carbocycles. The van der Waals surface area contributed by atoms with E-state index in [1.807, 2.05) is 30.5 Å². The highest BCUT2D eigenvalue weighted by Gasteiger charge is 2.08. The first-order chi connectivity index (χ1) is 8.20. The fourth-order valence-electron chi connectivity index (χ4n) is 1.24. The highest BCUT2D eigenvalue weighted by Crippen LogP contribution is 2.33. The quantitative estimate of drug-likeness (QED) is 0.881. The van der Waals surface area contributed by atoms with Crippen molar-refractivity contribution in [1.82, 2.24) is 9.97 Å². The molecule has 2 rings (SSSR count). The van der Waals surface area contributed by atoms with E-state index < -0.39 is 0 Å². The summed E-state index contributed by atoms with van der Waals surface area (Å²) in [5.41, 5.74) is 5.52. The predicted molar refractivity (Wildman–Crippen MR) is 72.4 cm³/mol. The van der Waals surface area contributed by atoms with E-state index in [1.54, 1.807) is 18.0 Å². The van der Waals surface area contributed by atoms with Crippen LogP contribution in [0.5, 0.6) is 11.6 Å². The number of nitrogen functional groups attached to an aromatic ring is 1. The van der Waals surface area contributed by atoms with Gasteiger partial charge < -0.3 is 10.5 Å². The molecule has 0 radical (unpaired) electrons. The Balaban J connectivity index is 2.34. The Hall–Kier alpha value is -1.27. The van der Waals surface area contributed by atoms with Crippen LogP contribution in [-0.4, -0.2) is 16.2 Å². The lowest BCUT2D eigenvalue weighted by Crippen LogP contribution is -1.97. The zero-order chi connectivity index (χ0) is 12.3. The Morgan fingerprint density at radius 1 is 1.35 bits per heavy atom. The summed E-state index contributed by atoms with van der Waals surface area (Å²) in [6.45, 7) is 0. The number of aromatic nitrogens is 2. The highest BCUT2D eigenvalue weighted by molar-refractivity contribution is 9.10. The smallest absolute Gasteiger partial charge is 0.238 e. The van der Waals surface area contributed by atoms with Crippen molar-refractivity contribution in [3.63, 3.8) is 0 Å². The Kier molecular flexibility index (Phi) is 3.86. The van der Waals surface area contributed by atoms with Gasteiger partial charge in [0.2, 0.25) is 11.8 Å². The first-order valence-electron chi connectivity index (χ1n) is 4.79. The van der Waals surface area contributed by atoms with Crippen LogP contribution in [0.25, 0.3) is 0 Å². The van der Waals surface area contributed by atoms with Gasteiger partial charge in [-0.3, -0.25) is 0 Å². The normalized spacial score (nSPS) is 10.2. The number of nitrogens with two attached hydrogens (primary N) is 1. The third-order valence-corrected chi connectivity index (χ3v) is 3.33. The van der Waals surface area contributed by atoms with E-state index in [-0.39, 0.29) is 5.95 Å². The van der Waals surface area contributed by atoms with Crippen LogP contribution in [0.2, 0.25) is 0 Å². The summed E-state index contributed by atoms with van der Waals surface area (Å²) in [5.74, 6) is 1.35. The second-order valence-electron chi connectivity index (χ2n) is 3.13. The molecule has 2 N–H and O–H groups in total. The zero-order valence-electron chi connectivity index (χ0n) is 9.05. The minimum Gasteiger partial charge on any atom is -0.437 e. The van der Waals surface area contributed by atoms with E-state index in [9.17, 15) is 0 Å². The van der Waals surface area contributed by atoms with Gasteiger partial charge in [-0.15, -0.1) is 11.8 Å². The molecule has 1 aromatic carbocycles. The molecule has 17 heavy (non-hydrogen) atoms. The minimum absolute atomic E-state index is 0.185. The molecule has 0 aliphatic heterocycles. The second-order valence-corrected chi connectivity index (χ2v) is 4.84. The van der Waals surface area contributed by atoms with Gasteiger partial charge in [-0.05, 0) is 34.3 Å². The molecule has 0 aliphatic carbocycles. The van der Waals surface area contributed by atoms with E-state index >= 15 is 0 Å². The van der Waals surface area contributed by atoms with E-state index in [2.05, 4.69) is 25.9 Å². The molecule has 0 bridgehead atoms. The van der Waals surface area contributed by atoms with Crippen molar-refractivity contribution < 1.29 is 4.74 Å². The van der Waals surface area contributed by atoms with E-state index in [0.29, 0.717) is 10.4 Å². The summed E-state index contributed by atoms with van der Waals surface area (Å²) >= 11 is 4.93. The fourth-order valence-corrected chi connectivity index (χ4v) is 2.04. The summed E-state index contributed by atoms with van der Waals surface area (Å²) in [5, 5.41) is 0. The van der Waals surface area contributed by atoms with Gasteiger partial charge >= 0.3 is 0 Å². The Morgan fingerprint density at radius 3 is 2.88 bits per heavy atom. The van der Waals surface area contributed by atoms with Crippen molar-refractivity contribution in [3.05, 3.63) is 34.9 Å². The molecule has 0 spiro atoms. The summed E-state index contributed by atoms with van der Waals surface area (Å²) in [6.07, 6.45) is 3.56. The van der Waals surface area contributed by atoms with Crippen molar-refractivity contribution in [2.24, 2.45) is 0 Å². The Morgan fingerprint density at radius 2 is 2.12 bits per heavy atom. The second kappa shape index (κ2) is 5.37. The van der Waals surface area contributed by atoms with Gasteiger partial charge in [0.15, 0.2) is 0 Å². The fraction of sp³-hybridized carbons (Fsp3) is 0.0909. The largest absolute Gasteiger partial charge is 0.437 e. The van der Waals surface area contributed by atoms with Gasteiger partial charge in [-0.2, -0.15) is 4.98 Å². The molecule has 6 heteroatoms. The van der Waals surface area contributed by atoms with Gasteiger partial charge in [0, 0.05) is 4.90 Å². The van der Waals surface area contributed by atoms with Crippen molar-refractivity contribution in [1.29, 1.82) is 0 Å². The van der Waals surface area contributed by atoms with Gasteiger partial charge in [0.1, 0.15) is 5.75 Å². The molecule has 88 valence electrons. The first-order valence-corrected chi connectivity index (χ1v) is 6.81. The standard InChI is InChI=1S/C11H10BrN3OS/c1-17-9-5-3-2-4-8(9)16-10-7(12)6-14-11(13)15-10/h2-6H,1H3,(H2,13,14,15). The summed E-state index contributed by atoms with van der Waals surface area (Å²) in [6, 6.07) is 7.74. The SMILES string of the molecule is CSc1ccccc1Oc1nc(N)ncc1Br. The topological polar surface area (TPSA) is 61.0 Å². The third-order valence-electron chi connectivity index (χ3n) is 2.01. The number of nitrogens with zero attached hydrogens (tertiary/aromatic N) is 2. The number of hydrogen-bond donors (Lipinski definition) is 1. The monoisotopic (exact) mass is 311 g/mol. The third kappa shape index (κ3) is 2.89. The molecule has 2 aromatic rings. The summed E-state index contributed by atoms with van der Waals surface area (Å²) in [7, 11) is 0. The lowest BCUT2D eigenvalue weighted by Gasteiger charge is -2.09. The van der Waals surface area contributed by atoms with Crippen molar-refractivity contribution in [2.45, 2.75) is 4.90 Å². The number of hydrogen-bond acceptors (Lipinski definition) is 5. The molecule has 0 aliphatic rings. The van der Waals surface area contributed by atoms with Crippen LogP contribution in [-0.2, 0) is 0 Å². The molecule has 0 amide bonds. The number of ether oxygens (including phenoxy) is 1. The molecule has 0 unspecified atom stereocenters. The Bertz CT molecular complexity index is 536. The van der Waals surface area contributed by atoms with Crippen molar-refractivity contribution in [2.75, 3.05) is 12.0 Å². The number of rotatable bonds is 3. The predicted octanol–water partition coefficient (Wildman–Crippen LogP) is 3.34. The van der Waals surface area contributed by atoms with Crippen LogP contribution in [0.3, 0.4) is 0 Å².